The monoisotopic (exact) mass is 297 g/mol. The molecule has 20 heavy (non-hydrogen) atoms. The largest absolute Gasteiger partial charge is 0.416 e. The molecule has 0 amide bonds. The molecule has 1 nitrogen and oxygen atoms in total. The van der Waals surface area contributed by atoms with Gasteiger partial charge in [0.1, 0.15) is 0 Å². The molecule has 106 valence electrons. The Morgan fingerprint density at radius 3 is 2.50 bits per heavy atom. The van der Waals surface area contributed by atoms with E-state index in [1.807, 2.05) is 19.1 Å². The van der Waals surface area contributed by atoms with E-state index in [1.54, 1.807) is 12.1 Å². The number of halogens is 3. The highest BCUT2D eigenvalue weighted by atomic mass is 32.2. The molecule has 0 radical (unpaired) electrons. The van der Waals surface area contributed by atoms with Crippen LogP contribution in [0.15, 0.2) is 47.4 Å². The van der Waals surface area contributed by atoms with Crippen molar-refractivity contribution in [2.45, 2.75) is 23.7 Å². The van der Waals surface area contributed by atoms with Crippen LogP contribution in [0.25, 0.3) is 0 Å². The van der Waals surface area contributed by atoms with E-state index in [9.17, 15) is 13.2 Å². The molecule has 0 bridgehead atoms. The van der Waals surface area contributed by atoms with Crippen molar-refractivity contribution < 1.29 is 13.2 Å². The highest BCUT2D eigenvalue weighted by molar-refractivity contribution is 7.98. The van der Waals surface area contributed by atoms with Crippen LogP contribution in [0.4, 0.5) is 18.9 Å². The van der Waals surface area contributed by atoms with Gasteiger partial charge in [-0.25, -0.2) is 0 Å². The number of alkyl halides is 3. The summed E-state index contributed by atoms with van der Waals surface area (Å²) >= 11 is 1.32. The molecule has 2 rings (SSSR count). The number of hydrogen-bond acceptors (Lipinski definition) is 2. The van der Waals surface area contributed by atoms with Gasteiger partial charge in [0.25, 0.3) is 0 Å². The lowest BCUT2D eigenvalue weighted by Crippen LogP contribution is -2.08. The summed E-state index contributed by atoms with van der Waals surface area (Å²) in [7, 11) is 0. The third-order valence-corrected chi connectivity index (χ3v) is 3.99. The van der Waals surface area contributed by atoms with Crippen molar-refractivity contribution in [2.75, 3.05) is 5.73 Å². The second kappa shape index (κ2) is 5.79. The minimum Gasteiger partial charge on any atom is -0.398 e. The Kier molecular flexibility index (Phi) is 4.28. The first-order valence-corrected chi connectivity index (χ1v) is 7.00. The molecule has 0 fully saturated rings. The summed E-state index contributed by atoms with van der Waals surface area (Å²) in [5.74, 6) is 0.239. The maximum atomic E-state index is 12.9. The van der Waals surface area contributed by atoms with Crippen LogP contribution in [0, 0.1) is 6.92 Å². The van der Waals surface area contributed by atoms with Crippen LogP contribution >= 0.6 is 11.8 Å². The van der Waals surface area contributed by atoms with E-state index in [-0.39, 0.29) is 11.3 Å². The van der Waals surface area contributed by atoms with Gasteiger partial charge in [-0.15, -0.1) is 11.8 Å². The summed E-state index contributed by atoms with van der Waals surface area (Å²) in [6, 6.07) is 11.2. The highest BCUT2D eigenvalue weighted by Crippen LogP contribution is 2.36. The summed E-state index contributed by atoms with van der Waals surface area (Å²) in [5.41, 5.74) is 7.14. The maximum absolute atomic E-state index is 12.9. The highest BCUT2D eigenvalue weighted by Gasteiger charge is 2.32. The first-order valence-electron chi connectivity index (χ1n) is 6.02. The van der Waals surface area contributed by atoms with Crippen molar-refractivity contribution in [3.63, 3.8) is 0 Å². The predicted molar refractivity (Wildman–Crippen MR) is 76.6 cm³/mol. The van der Waals surface area contributed by atoms with Crippen LogP contribution in [0.3, 0.4) is 0 Å². The molecule has 0 aromatic heterocycles. The smallest absolute Gasteiger partial charge is 0.398 e. The molecule has 0 aliphatic heterocycles. The molecular formula is C15H14F3NS. The standard InChI is InChI=1S/C15H14F3NS/c1-10-6-7-13(19)14(8-10)20-9-11-4-2-3-5-12(11)15(16,17)18/h2-8H,9,19H2,1H3. The van der Waals surface area contributed by atoms with Crippen molar-refractivity contribution in [3.05, 3.63) is 59.2 Å². The molecule has 0 aliphatic rings. The molecule has 2 aromatic carbocycles. The van der Waals surface area contributed by atoms with Crippen LogP contribution < -0.4 is 5.73 Å². The molecular weight excluding hydrogens is 283 g/mol. The van der Waals surface area contributed by atoms with Crippen molar-refractivity contribution >= 4 is 17.4 Å². The fourth-order valence-corrected chi connectivity index (χ4v) is 2.91. The molecule has 2 N–H and O–H groups in total. The number of nitrogen functional groups attached to an aromatic ring is 1. The summed E-state index contributed by atoms with van der Waals surface area (Å²) in [6.45, 7) is 1.92. The van der Waals surface area contributed by atoms with Crippen molar-refractivity contribution in [3.8, 4) is 0 Å². The lowest BCUT2D eigenvalue weighted by Gasteiger charge is -2.13. The molecule has 0 atom stereocenters. The summed E-state index contributed by atoms with van der Waals surface area (Å²) in [4.78, 5) is 0.807. The van der Waals surface area contributed by atoms with Crippen molar-refractivity contribution in [1.82, 2.24) is 0 Å². The minimum absolute atomic E-state index is 0.239. The van der Waals surface area contributed by atoms with Gasteiger partial charge in [-0.05, 0) is 36.2 Å². The Balaban J connectivity index is 2.21. The maximum Gasteiger partial charge on any atom is 0.416 e. The Hall–Kier alpha value is -1.62. The fourth-order valence-electron chi connectivity index (χ4n) is 1.84. The van der Waals surface area contributed by atoms with Crippen LogP contribution in [0.1, 0.15) is 16.7 Å². The number of thioether (sulfide) groups is 1. The third kappa shape index (κ3) is 3.48. The topological polar surface area (TPSA) is 26.0 Å². The fraction of sp³-hybridized carbons (Fsp3) is 0.200. The van der Waals surface area contributed by atoms with Crippen LogP contribution in [-0.4, -0.2) is 0 Å². The zero-order chi connectivity index (χ0) is 14.8. The third-order valence-electron chi connectivity index (χ3n) is 2.88. The molecule has 0 spiro atoms. The van der Waals surface area contributed by atoms with Crippen LogP contribution in [0.5, 0.6) is 0 Å². The van der Waals surface area contributed by atoms with Gasteiger partial charge in [0, 0.05) is 16.3 Å². The van der Waals surface area contributed by atoms with Crippen molar-refractivity contribution in [1.29, 1.82) is 0 Å². The second-order valence-corrected chi connectivity index (χ2v) is 5.50. The van der Waals surface area contributed by atoms with E-state index in [4.69, 9.17) is 5.73 Å². The number of nitrogens with two attached hydrogens (primary N) is 1. The zero-order valence-electron chi connectivity index (χ0n) is 10.9. The van der Waals surface area contributed by atoms with Crippen LogP contribution in [0.2, 0.25) is 0 Å². The Bertz CT molecular complexity index is 608. The van der Waals surface area contributed by atoms with E-state index in [1.165, 1.54) is 23.9 Å². The molecule has 5 heteroatoms. The Morgan fingerprint density at radius 1 is 1.10 bits per heavy atom. The summed E-state index contributed by atoms with van der Waals surface area (Å²) < 4.78 is 38.7. The van der Waals surface area contributed by atoms with E-state index in [0.29, 0.717) is 5.69 Å². The van der Waals surface area contributed by atoms with Gasteiger partial charge in [-0.1, -0.05) is 24.3 Å². The molecule has 0 heterocycles. The first-order chi connectivity index (χ1) is 9.38. The second-order valence-electron chi connectivity index (χ2n) is 4.48. The normalized spacial score (nSPS) is 11.6. The molecule has 0 saturated heterocycles. The van der Waals surface area contributed by atoms with E-state index < -0.39 is 11.7 Å². The molecule has 0 unspecified atom stereocenters. The summed E-state index contributed by atoms with van der Waals surface area (Å²) in [6.07, 6.45) is -4.32. The molecule has 0 aliphatic carbocycles. The number of anilines is 1. The quantitative estimate of drug-likeness (QED) is 0.645. The Labute approximate surface area is 120 Å². The van der Waals surface area contributed by atoms with Gasteiger partial charge >= 0.3 is 6.18 Å². The predicted octanol–water partition coefficient (Wildman–Crippen LogP) is 4.89. The first kappa shape index (κ1) is 14.8. The average Bonchev–Trinajstić information content (AvgIpc) is 2.39. The van der Waals surface area contributed by atoms with Gasteiger partial charge < -0.3 is 5.73 Å². The van der Waals surface area contributed by atoms with Gasteiger partial charge in [0.05, 0.1) is 5.56 Å². The zero-order valence-corrected chi connectivity index (χ0v) is 11.7. The lowest BCUT2D eigenvalue weighted by atomic mass is 10.1. The van der Waals surface area contributed by atoms with Gasteiger partial charge in [0.2, 0.25) is 0 Å². The minimum atomic E-state index is -4.32. The van der Waals surface area contributed by atoms with Gasteiger partial charge in [-0.3, -0.25) is 0 Å². The average molecular weight is 297 g/mol. The number of benzene rings is 2. The number of hydrogen-bond donors (Lipinski definition) is 1. The lowest BCUT2D eigenvalue weighted by molar-refractivity contribution is -0.138. The number of aryl methyl sites for hydroxylation is 1. The van der Waals surface area contributed by atoms with E-state index in [0.717, 1.165) is 16.5 Å². The number of rotatable bonds is 3. The SMILES string of the molecule is Cc1ccc(N)c(SCc2ccccc2C(F)(F)F)c1. The summed E-state index contributed by atoms with van der Waals surface area (Å²) in [5, 5.41) is 0. The van der Waals surface area contributed by atoms with Gasteiger partial charge in [0.15, 0.2) is 0 Å². The molecule has 2 aromatic rings. The van der Waals surface area contributed by atoms with Crippen molar-refractivity contribution in [2.24, 2.45) is 0 Å². The Morgan fingerprint density at radius 2 is 1.80 bits per heavy atom. The van der Waals surface area contributed by atoms with Gasteiger partial charge in [-0.2, -0.15) is 13.2 Å². The van der Waals surface area contributed by atoms with E-state index in [2.05, 4.69) is 0 Å². The van der Waals surface area contributed by atoms with E-state index >= 15 is 0 Å². The molecule has 0 saturated carbocycles. The van der Waals surface area contributed by atoms with Crippen LogP contribution in [-0.2, 0) is 11.9 Å².